The second-order valence-corrected chi connectivity index (χ2v) is 8.86. The molecule has 158 valence electrons. The van der Waals surface area contributed by atoms with E-state index in [-0.39, 0.29) is 11.6 Å². The van der Waals surface area contributed by atoms with Gasteiger partial charge in [-0.2, -0.15) is 17.5 Å². The molecule has 0 aromatic heterocycles. The van der Waals surface area contributed by atoms with Gasteiger partial charge < -0.3 is 9.47 Å². The molecule has 2 aromatic carbocycles. The molecule has 1 aliphatic heterocycles. The molecule has 2 aromatic rings. The first-order valence-electron chi connectivity index (χ1n) is 8.64. The van der Waals surface area contributed by atoms with E-state index >= 15 is 0 Å². The van der Waals surface area contributed by atoms with E-state index in [1.165, 1.54) is 14.2 Å². The SMILES string of the molecule is COc1cc2c(cc1OC)C(C)N(S(=O)(=O)c1cc(C(F)(F)F)ccc1Cl)CC2. The first-order chi connectivity index (χ1) is 13.5. The van der Waals surface area contributed by atoms with Crippen LogP contribution in [-0.4, -0.2) is 33.5 Å². The molecule has 0 saturated heterocycles. The van der Waals surface area contributed by atoms with Crippen molar-refractivity contribution in [2.75, 3.05) is 20.8 Å². The lowest BCUT2D eigenvalue weighted by molar-refractivity contribution is -0.137. The van der Waals surface area contributed by atoms with Gasteiger partial charge in [-0.1, -0.05) is 11.6 Å². The van der Waals surface area contributed by atoms with Gasteiger partial charge in [-0.25, -0.2) is 8.42 Å². The molecule has 1 atom stereocenters. The van der Waals surface area contributed by atoms with E-state index < -0.39 is 32.7 Å². The van der Waals surface area contributed by atoms with Gasteiger partial charge in [0, 0.05) is 12.6 Å². The highest BCUT2D eigenvalue weighted by atomic mass is 35.5. The Hall–Kier alpha value is -1.97. The maximum atomic E-state index is 13.2. The number of halogens is 4. The smallest absolute Gasteiger partial charge is 0.416 e. The van der Waals surface area contributed by atoms with Crippen LogP contribution in [0.4, 0.5) is 13.2 Å². The van der Waals surface area contributed by atoms with Crippen LogP contribution < -0.4 is 9.47 Å². The molecule has 1 aliphatic rings. The molecule has 0 bridgehead atoms. The van der Waals surface area contributed by atoms with Crippen LogP contribution in [0.5, 0.6) is 11.5 Å². The zero-order valence-corrected chi connectivity index (χ0v) is 17.5. The van der Waals surface area contributed by atoms with Crippen LogP contribution in [0.3, 0.4) is 0 Å². The molecule has 0 N–H and O–H groups in total. The Labute approximate surface area is 172 Å². The predicted molar refractivity (Wildman–Crippen MR) is 102 cm³/mol. The normalized spacial score (nSPS) is 17.7. The lowest BCUT2D eigenvalue weighted by atomic mass is 9.94. The zero-order chi connectivity index (χ0) is 21.6. The lowest BCUT2D eigenvalue weighted by Crippen LogP contribution is -2.39. The number of benzene rings is 2. The molecule has 3 rings (SSSR count). The lowest BCUT2D eigenvalue weighted by Gasteiger charge is -2.35. The number of fused-ring (bicyclic) bond motifs is 1. The molecule has 0 spiro atoms. The Morgan fingerprint density at radius 1 is 1.10 bits per heavy atom. The molecule has 0 amide bonds. The molecule has 10 heteroatoms. The van der Waals surface area contributed by atoms with E-state index in [4.69, 9.17) is 21.1 Å². The van der Waals surface area contributed by atoms with E-state index in [9.17, 15) is 21.6 Å². The average Bonchev–Trinajstić information content (AvgIpc) is 2.66. The van der Waals surface area contributed by atoms with Crippen molar-refractivity contribution in [3.05, 3.63) is 52.0 Å². The van der Waals surface area contributed by atoms with E-state index in [0.717, 1.165) is 22.0 Å². The third kappa shape index (κ3) is 3.91. The number of nitrogens with zero attached hydrogens (tertiary/aromatic N) is 1. The summed E-state index contributed by atoms with van der Waals surface area (Å²) in [6.07, 6.45) is -4.31. The average molecular weight is 450 g/mol. The molecule has 29 heavy (non-hydrogen) atoms. The van der Waals surface area contributed by atoms with Gasteiger partial charge in [0.25, 0.3) is 0 Å². The summed E-state index contributed by atoms with van der Waals surface area (Å²) in [5.74, 6) is 0.963. The van der Waals surface area contributed by atoms with E-state index in [2.05, 4.69) is 0 Å². The number of sulfonamides is 1. The van der Waals surface area contributed by atoms with E-state index in [0.29, 0.717) is 29.5 Å². The first-order valence-corrected chi connectivity index (χ1v) is 10.5. The third-order valence-corrected chi connectivity index (χ3v) is 7.43. The topological polar surface area (TPSA) is 55.8 Å². The monoisotopic (exact) mass is 449 g/mol. The zero-order valence-electron chi connectivity index (χ0n) is 15.9. The van der Waals surface area contributed by atoms with Crippen molar-refractivity contribution in [2.24, 2.45) is 0 Å². The van der Waals surface area contributed by atoms with E-state index in [1.807, 2.05) is 0 Å². The summed E-state index contributed by atoms with van der Waals surface area (Å²) >= 11 is 5.98. The minimum Gasteiger partial charge on any atom is -0.493 e. The number of rotatable bonds is 4. The predicted octanol–water partition coefficient (Wildman–Crippen LogP) is 4.68. The number of alkyl halides is 3. The van der Waals surface area contributed by atoms with Gasteiger partial charge in [0.15, 0.2) is 11.5 Å². The summed E-state index contributed by atoms with van der Waals surface area (Å²) in [5.41, 5.74) is 0.509. The molecular formula is C19H19ClF3NO4S. The highest BCUT2D eigenvalue weighted by Crippen LogP contribution is 2.41. The number of methoxy groups -OCH3 is 2. The largest absolute Gasteiger partial charge is 0.493 e. The second-order valence-electron chi connectivity index (χ2n) is 6.59. The van der Waals surface area contributed by atoms with Gasteiger partial charge >= 0.3 is 6.18 Å². The third-order valence-electron chi connectivity index (χ3n) is 4.97. The standard InChI is InChI=1S/C19H19ClF3NO4S/c1-11-14-10-17(28-3)16(27-2)8-12(14)6-7-24(11)29(25,26)18-9-13(19(21,22)23)4-5-15(18)20/h4-5,8-11H,6-7H2,1-3H3. The Bertz CT molecular complexity index is 1040. The minimum absolute atomic E-state index is 0.0958. The Kier molecular flexibility index (Phi) is 5.77. The number of hydrogen-bond acceptors (Lipinski definition) is 4. The summed E-state index contributed by atoms with van der Waals surface area (Å²) in [4.78, 5) is -0.565. The van der Waals surface area contributed by atoms with Gasteiger partial charge in [-0.3, -0.25) is 0 Å². The highest BCUT2D eigenvalue weighted by molar-refractivity contribution is 7.89. The Morgan fingerprint density at radius 3 is 2.31 bits per heavy atom. The van der Waals surface area contributed by atoms with Crippen LogP contribution in [0, 0.1) is 0 Å². The van der Waals surface area contributed by atoms with Crippen molar-refractivity contribution in [1.82, 2.24) is 4.31 Å². The second kappa shape index (κ2) is 7.70. The van der Waals surface area contributed by atoms with Crippen LogP contribution in [0.25, 0.3) is 0 Å². The Balaban J connectivity index is 2.06. The van der Waals surface area contributed by atoms with Crippen molar-refractivity contribution in [1.29, 1.82) is 0 Å². The van der Waals surface area contributed by atoms with Crippen molar-refractivity contribution in [3.63, 3.8) is 0 Å². The van der Waals surface area contributed by atoms with Crippen molar-refractivity contribution in [3.8, 4) is 11.5 Å². The van der Waals surface area contributed by atoms with Gasteiger partial charge in [0.05, 0.1) is 24.8 Å². The quantitative estimate of drug-likeness (QED) is 0.680. The maximum absolute atomic E-state index is 13.2. The molecule has 0 fully saturated rings. The molecule has 0 aliphatic carbocycles. The molecule has 0 radical (unpaired) electrons. The van der Waals surface area contributed by atoms with Gasteiger partial charge in [-0.05, 0) is 54.8 Å². The fourth-order valence-corrected chi connectivity index (χ4v) is 5.57. The maximum Gasteiger partial charge on any atom is 0.416 e. The fraction of sp³-hybridized carbons (Fsp3) is 0.368. The summed E-state index contributed by atoms with van der Waals surface area (Å²) < 4.78 is 77.4. The molecule has 1 unspecified atom stereocenters. The summed E-state index contributed by atoms with van der Waals surface area (Å²) in [5, 5.41) is -0.261. The number of ether oxygens (including phenoxy) is 2. The van der Waals surface area contributed by atoms with E-state index in [1.54, 1.807) is 19.1 Å². The first kappa shape index (κ1) is 21.7. The number of hydrogen-bond donors (Lipinski definition) is 0. The minimum atomic E-state index is -4.68. The Morgan fingerprint density at radius 2 is 1.72 bits per heavy atom. The van der Waals surface area contributed by atoms with Crippen LogP contribution in [0.15, 0.2) is 35.2 Å². The van der Waals surface area contributed by atoms with Crippen molar-refractivity contribution < 1.29 is 31.1 Å². The molecule has 1 heterocycles. The molecular weight excluding hydrogens is 431 g/mol. The van der Waals surface area contributed by atoms with Crippen LogP contribution >= 0.6 is 11.6 Å². The van der Waals surface area contributed by atoms with Gasteiger partial charge in [-0.15, -0.1) is 0 Å². The fourth-order valence-electron chi connectivity index (χ4n) is 3.45. The highest BCUT2D eigenvalue weighted by Gasteiger charge is 2.38. The van der Waals surface area contributed by atoms with Crippen molar-refractivity contribution >= 4 is 21.6 Å². The summed E-state index contributed by atoms with van der Waals surface area (Å²) in [6, 6.07) is 5.13. The molecule has 0 saturated carbocycles. The summed E-state index contributed by atoms with van der Waals surface area (Å²) in [7, 11) is -1.30. The summed E-state index contributed by atoms with van der Waals surface area (Å²) in [6.45, 7) is 1.77. The van der Waals surface area contributed by atoms with Crippen LogP contribution in [-0.2, 0) is 22.6 Å². The van der Waals surface area contributed by atoms with Crippen LogP contribution in [0.2, 0.25) is 5.02 Å². The molecule has 5 nitrogen and oxygen atoms in total. The van der Waals surface area contributed by atoms with Gasteiger partial charge in [0.1, 0.15) is 4.90 Å². The van der Waals surface area contributed by atoms with Gasteiger partial charge in [0.2, 0.25) is 10.0 Å². The van der Waals surface area contributed by atoms with Crippen LogP contribution in [0.1, 0.15) is 29.7 Å². The van der Waals surface area contributed by atoms with Crippen molar-refractivity contribution in [2.45, 2.75) is 30.5 Å².